The number of benzene rings is 2. The largest absolute Gasteiger partial charge is 0.495 e. The van der Waals surface area contributed by atoms with E-state index in [0.717, 1.165) is 45.2 Å². The highest BCUT2D eigenvalue weighted by Gasteiger charge is 2.62. The minimum atomic E-state index is -2.94. The molecule has 66 heavy (non-hydrogen) atoms. The molecule has 4 fully saturated rings. The Labute approximate surface area is 381 Å². The zero-order valence-corrected chi connectivity index (χ0v) is 37.7. The van der Waals surface area contributed by atoms with Crippen LogP contribution in [0.15, 0.2) is 60.9 Å². The van der Waals surface area contributed by atoms with E-state index in [1.165, 1.54) is 37.3 Å². The molecule has 4 aliphatic heterocycles. The lowest BCUT2D eigenvalue weighted by Crippen LogP contribution is -2.69. The van der Waals surface area contributed by atoms with Crippen molar-refractivity contribution in [1.82, 2.24) is 34.7 Å². The number of primary amides is 1. The third-order valence-corrected chi connectivity index (χ3v) is 13.3. The van der Waals surface area contributed by atoms with Crippen molar-refractivity contribution in [3.63, 3.8) is 0 Å². The van der Waals surface area contributed by atoms with Gasteiger partial charge in [-0.1, -0.05) is 18.2 Å². The second-order valence-electron chi connectivity index (χ2n) is 17.5. The number of anilines is 4. The molecule has 4 amide bonds. The molecule has 4 N–H and O–H groups in total. The molecule has 10 rings (SSSR count). The number of aromatic nitrogens is 4. The highest BCUT2D eigenvalue weighted by Crippen LogP contribution is 2.51. The number of nitrogens with zero attached hydrogens (tertiary/aromatic N) is 8. The second-order valence-corrected chi connectivity index (χ2v) is 17.5. The van der Waals surface area contributed by atoms with Crippen molar-refractivity contribution in [1.29, 1.82) is 0 Å². The number of alkyl halides is 2. The molecular weight excluding hydrogens is 856 g/mol. The number of aryl methyl sites for hydroxylation is 1. The molecular formula is C47H56F3N11O5. The van der Waals surface area contributed by atoms with E-state index in [0.29, 0.717) is 55.6 Å². The average molecular weight is 912 g/mol. The quantitative estimate of drug-likeness (QED) is 0.138. The van der Waals surface area contributed by atoms with Crippen molar-refractivity contribution in [3.05, 3.63) is 89.1 Å². The summed E-state index contributed by atoms with van der Waals surface area (Å²) < 4.78 is 60.0. The van der Waals surface area contributed by atoms with Crippen LogP contribution in [0.5, 0.6) is 5.75 Å². The zero-order chi connectivity index (χ0) is 46.8. The summed E-state index contributed by atoms with van der Waals surface area (Å²) in [6, 6.07) is 14.0. The van der Waals surface area contributed by atoms with Crippen molar-refractivity contribution in [2.75, 3.05) is 75.7 Å². The fraction of sp³-hybridized carbons (Fsp3) is 0.447. The van der Waals surface area contributed by atoms with Gasteiger partial charge in [0.2, 0.25) is 12.3 Å². The summed E-state index contributed by atoms with van der Waals surface area (Å²) in [7, 11) is 5.13. The highest BCUT2D eigenvalue weighted by molar-refractivity contribution is 6.06. The van der Waals surface area contributed by atoms with Crippen molar-refractivity contribution in [2.45, 2.75) is 70.6 Å². The fourth-order valence-corrected chi connectivity index (χ4v) is 9.53. The lowest BCUT2D eigenvalue weighted by molar-refractivity contribution is -0.227. The summed E-state index contributed by atoms with van der Waals surface area (Å²) in [5.74, 6) is -2.52. The Balaban J connectivity index is 0.000000596. The van der Waals surface area contributed by atoms with Crippen LogP contribution >= 0.6 is 0 Å². The number of ether oxygens (including phenoxy) is 2. The topological polar surface area (TPSA) is 176 Å². The number of pyridine rings is 1. The second kappa shape index (κ2) is 19.3. The maximum Gasteiger partial charge on any atom is 0.328 e. The van der Waals surface area contributed by atoms with Crippen LogP contribution in [0.4, 0.5) is 40.8 Å². The fourth-order valence-electron chi connectivity index (χ4n) is 9.53. The van der Waals surface area contributed by atoms with Crippen molar-refractivity contribution >= 4 is 46.9 Å². The summed E-state index contributed by atoms with van der Waals surface area (Å²) >= 11 is 0. The van der Waals surface area contributed by atoms with Crippen LogP contribution in [-0.4, -0.2) is 120 Å². The number of hydrogen-bond acceptors (Lipinski definition) is 12. The molecule has 7 heterocycles. The van der Waals surface area contributed by atoms with E-state index >= 15 is 13.2 Å². The molecule has 3 saturated heterocycles. The number of halogens is 3. The van der Waals surface area contributed by atoms with Crippen LogP contribution in [0.25, 0.3) is 16.9 Å². The summed E-state index contributed by atoms with van der Waals surface area (Å²) in [6.07, 6.45) is 9.42. The Morgan fingerprint density at radius 2 is 1.68 bits per heavy atom. The first-order valence-corrected chi connectivity index (χ1v) is 22.2. The first-order valence-electron chi connectivity index (χ1n) is 22.2. The van der Waals surface area contributed by atoms with E-state index in [4.69, 9.17) is 19.4 Å². The van der Waals surface area contributed by atoms with Gasteiger partial charge in [0, 0.05) is 83.4 Å². The number of amides is 4. The summed E-state index contributed by atoms with van der Waals surface area (Å²) in [5, 5.41) is 10.4. The van der Waals surface area contributed by atoms with Crippen molar-refractivity contribution in [3.8, 4) is 17.0 Å². The predicted octanol–water partition coefficient (Wildman–Crippen LogP) is 6.06. The summed E-state index contributed by atoms with van der Waals surface area (Å²) in [5.41, 5.74) is 10.3. The number of nitrogens with one attached hydrogen (secondary N) is 2. The molecule has 0 unspecified atom stereocenters. The van der Waals surface area contributed by atoms with Crippen LogP contribution < -0.4 is 30.9 Å². The van der Waals surface area contributed by atoms with Gasteiger partial charge in [0.05, 0.1) is 48.4 Å². The zero-order valence-electron chi connectivity index (χ0n) is 37.7. The van der Waals surface area contributed by atoms with Gasteiger partial charge in [0.15, 0.2) is 11.5 Å². The lowest BCUT2D eigenvalue weighted by atomic mass is 9.69. The first-order chi connectivity index (χ1) is 31.8. The van der Waals surface area contributed by atoms with Crippen LogP contribution in [0.1, 0.15) is 54.5 Å². The van der Waals surface area contributed by atoms with Gasteiger partial charge in [-0.15, -0.1) is 5.10 Å². The van der Waals surface area contributed by atoms with Crippen molar-refractivity contribution < 1.29 is 37.0 Å². The van der Waals surface area contributed by atoms with Gasteiger partial charge in [-0.25, -0.2) is 27.5 Å². The summed E-state index contributed by atoms with van der Waals surface area (Å²) in [4.78, 5) is 49.1. The van der Waals surface area contributed by atoms with E-state index in [2.05, 4.69) is 31.2 Å². The van der Waals surface area contributed by atoms with Crippen LogP contribution in [-0.2, 0) is 33.8 Å². The van der Waals surface area contributed by atoms with E-state index in [1.807, 2.05) is 53.7 Å². The van der Waals surface area contributed by atoms with Gasteiger partial charge >= 0.3 is 6.03 Å². The Bertz CT molecular complexity index is 2600. The van der Waals surface area contributed by atoms with E-state index in [-0.39, 0.29) is 50.6 Å². The molecule has 0 atom stereocenters. The third kappa shape index (κ3) is 9.11. The van der Waals surface area contributed by atoms with Crippen LogP contribution in [0.3, 0.4) is 0 Å². The van der Waals surface area contributed by atoms with Gasteiger partial charge in [-0.2, -0.15) is 0 Å². The van der Waals surface area contributed by atoms with Gasteiger partial charge in [0.25, 0.3) is 5.92 Å². The Hall–Kier alpha value is -6.31. The highest BCUT2D eigenvalue weighted by atomic mass is 19.3. The Morgan fingerprint density at radius 1 is 0.924 bits per heavy atom. The number of likely N-dealkylation sites (tertiary alicyclic amines) is 2. The van der Waals surface area contributed by atoms with Gasteiger partial charge in [0.1, 0.15) is 17.3 Å². The number of rotatable bonds is 10. The SMILES string of the molecule is CNc1cc(N2CCc3c(-c4ncc(CN5CC6(CCN(Cc7ccc(OC)c(N8CCC(=O)NC8=O)c7)CC6(F)F)C5)cc4F)cccc32)nn2c(C)cnc12.COC1CCC1.NC=O. The minimum absolute atomic E-state index is 0.157. The number of hydrogen-bond donors (Lipinski definition) is 3. The first kappa shape index (κ1) is 46.2. The molecule has 16 nitrogen and oxygen atoms in total. The number of imide groups is 1. The minimum Gasteiger partial charge on any atom is -0.495 e. The molecule has 1 aliphatic carbocycles. The van der Waals surface area contributed by atoms with Gasteiger partial charge in [-0.05, 0) is 86.5 Å². The number of methoxy groups -OCH3 is 2. The third-order valence-electron chi connectivity index (χ3n) is 13.3. The number of urea groups is 1. The Kier molecular flexibility index (Phi) is 13.5. The van der Waals surface area contributed by atoms with E-state index in [9.17, 15) is 9.59 Å². The lowest BCUT2D eigenvalue weighted by Gasteiger charge is -2.57. The number of imidazole rings is 1. The molecule has 350 valence electrons. The molecule has 0 bridgehead atoms. The molecule has 5 aromatic rings. The number of fused-ring (bicyclic) bond motifs is 2. The maximum absolute atomic E-state index is 15.9. The standard InChI is InChI=1S/C41H43F3N10O3.C5H10O.CH3NO/c1-25-18-47-38-31(45-2)17-35(49-54(25)38)52-12-9-28-29(5-4-6-32(28)52)37-30(42)15-27(19-46-37)21-51-22-40(23-51)11-14-50(24-41(40,43)44)20-26-7-8-34(57-3)33(16-26)53-13-10-36(55)48-39(53)56;1-6-5-3-2-4-5;2-1-3/h4-8,15-19,45H,9-14,20-24H2,1-3H3,(H,48,55,56);5H,2-4H2,1H3;1H,(H2,2,3). The molecule has 1 spiro atoms. The molecule has 5 aliphatic rings. The molecule has 19 heteroatoms. The smallest absolute Gasteiger partial charge is 0.328 e. The predicted molar refractivity (Wildman–Crippen MR) is 244 cm³/mol. The number of piperidine rings is 1. The molecule has 3 aromatic heterocycles. The van der Waals surface area contributed by atoms with Crippen molar-refractivity contribution in [2.24, 2.45) is 11.1 Å². The summed E-state index contributed by atoms with van der Waals surface area (Å²) in [6.45, 7) is 3.94. The van der Waals surface area contributed by atoms with Gasteiger partial charge < -0.3 is 25.4 Å². The van der Waals surface area contributed by atoms with E-state index < -0.39 is 29.7 Å². The maximum atomic E-state index is 15.9. The molecule has 1 saturated carbocycles. The van der Waals surface area contributed by atoms with Crippen LogP contribution in [0, 0.1) is 18.2 Å². The van der Waals surface area contributed by atoms with Crippen LogP contribution in [0.2, 0.25) is 0 Å². The normalized spacial score (nSPS) is 18.9. The average Bonchev–Trinajstić information content (AvgIpc) is 3.87. The van der Waals surface area contributed by atoms with E-state index in [1.54, 1.807) is 36.5 Å². The van der Waals surface area contributed by atoms with Gasteiger partial charge in [-0.3, -0.25) is 34.6 Å². The molecule has 2 aromatic carbocycles. The Morgan fingerprint density at radius 3 is 2.33 bits per heavy atom. The monoisotopic (exact) mass is 911 g/mol. The number of carbonyl (C=O) groups excluding carboxylic acids is 3. The molecule has 0 radical (unpaired) electrons. The number of carbonyl (C=O) groups is 3. The number of nitrogens with two attached hydrogens (primary N) is 1.